The number of carbonyl (C=O) groups excluding carboxylic acids is 1. The van der Waals surface area contributed by atoms with Crippen molar-refractivity contribution in [2.75, 3.05) is 13.7 Å². The van der Waals surface area contributed by atoms with E-state index in [1.807, 2.05) is 48.5 Å². The lowest BCUT2D eigenvalue weighted by Crippen LogP contribution is -2.29. The van der Waals surface area contributed by atoms with Crippen molar-refractivity contribution in [1.29, 1.82) is 0 Å². The van der Waals surface area contributed by atoms with E-state index in [-0.39, 0.29) is 24.5 Å². The van der Waals surface area contributed by atoms with E-state index in [0.29, 0.717) is 17.5 Å². The smallest absolute Gasteiger partial charge is 0.258 e. The first kappa shape index (κ1) is 20.4. The maximum Gasteiger partial charge on any atom is 0.258 e. The molecular weight excluding hydrogens is 370 g/mol. The van der Waals surface area contributed by atoms with Crippen LogP contribution in [0.2, 0.25) is 0 Å². The van der Waals surface area contributed by atoms with Gasteiger partial charge in [-0.3, -0.25) is 4.79 Å². The van der Waals surface area contributed by atoms with Crippen molar-refractivity contribution in [3.8, 4) is 22.9 Å². The van der Waals surface area contributed by atoms with Gasteiger partial charge in [0, 0.05) is 5.56 Å². The Kier molecular flexibility index (Phi) is 6.16. The number of methoxy groups -OCH3 is 1. The number of ether oxygens (including phenoxy) is 2. The first-order valence-electron chi connectivity index (χ1n) is 9.33. The van der Waals surface area contributed by atoms with Crippen LogP contribution in [0.5, 0.6) is 11.5 Å². The van der Waals surface area contributed by atoms with E-state index < -0.39 is 0 Å². The van der Waals surface area contributed by atoms with Crippen LogP contribution in [0.3, 0.4) is 0 Å². The lowest BCUT2D eigenvalue weighted by molar-refractivity contribution is -0.123. The second-order valence-corrected chi connectivity index (χ2v) is 7.55. The zero-order chi connectivity index (χ0) is 20.9. The molecule has 0 aliphatic rings. The van der Waals surface area contributed by atoms with Gasteiger partial charge in [0.25, 0.3) is 5.91 Å². The third-order valence-electron chi connectivity index (χ3n) is 4.31. The van der Waals surface area contributed by atoms with Crippen LogP contribution >= 0.6 is 0 Å². The Bertz CT molecular complexity index is 959. The van der Waals surface area contributed by atoms with Crippen LogP contribution in [0.4, 0.5) is 0 Å². The quantitative estimate of drug-likeness (QED) is 0.656. The topological polar surface area (TPSA) is 86.5 Å². The second-order valence-electron chi connectivity index (χ2n) is 7.55. The summed E-state index contributed by atoms with van der Waals surface area (Å²) in [6.07, 6.45) is 0. The number of para-hydroxylation sites is 1. The van der Waals surface area contributed by atoms with Crippen molar-refractivity contribution in [2.24, 2.45) is 0 Å². The zero-order valence-corrected chi connectivity index (χ0v) is 17.1. The highest BCUT2D eigenvalue weighted by Crippen LogP contribution is 2.30. The van der Waals surface area contributed by atoms with Crippen molar-refractivity contribution in [3.63, 3.8) is 0 Å². The third kappa shape index (κ3) is 5.34. The number of amides is 1. The summed E-state index contributed by atoms with van der Waals surface area (Å²) in [7, 11) is 1.61. The Morgan fingerprint density at radius 3 is 2.52 bits per heavy atom. The summed E-state index contributed by atoms with van der Waals surface area (Å²) in [5.41, 5.74) is 1.78. The molecule has 0 radical (unpaired) electrons. The number of aromatic nitrogens is 2. The van der Waals surface area contributed by atoms with Crippen LogP contribution in [-0.4, -0.2) is 29.8 Å². The average molecular weight is 395 g/mol. The summed E-state index contributed by atoms with van der Waals surface area (Å²) in [4.78, 5) is 16.5. The number of carbonyl (C=O) groups is 1. The Hall–Kier alpha value is -3.35. The molecule has 0 aliphatic carbocycles. The monoisotopic (exact) mass is 395 g/mol. The molecule has 0 bridgehead atoms. The van der Waals surface area contributed by atoms with Crippen molar-refractivity contribution in [3.05, 3.63) is 60.0 Å². The highest BCUT2D eigenvalue weighted by molar-refractivity contribution is 5.77. The van der Waals surface area contributed by atoms with Crippen LogP contribution in [-0.2, 0) is 16.8 Å². The van der Waals surface area contributed by atoms with Crippen molar-refractivity contribution >= 4 is 5.91 Å². The SMILES string of the molecule is COc1ccc(-c2noc(CNC(=O)COc3ccccc3C(C)(C)C)n2)cc1. The summed E-state index contributed by atoms with van der Waals surface area (Å²) in [5.74, 6) is 1.96. The highest BCUT2D eigenvalue weighted by atomic mass is 16.5. The number of rotatable bonds is 7. The molecule has 7 heteroatoms. The van der Waals surface area contributed by atoms with Gasteiger partial charge in [-0.2, -0.15) is 4.98 Å². The fourth-order valence-corrected chi connectivity index (χ4v) is 2.76. The fourth-order valence-electron chi connectivity index (χ4n) is 2.76. The molecule has 0 fully saturated rings. The van der Waals surface area contributed by atoms with Gasteiger partial charge in [0.2, 0.25) is 11.7 Å². The molecule has 1 aromatic heterocycles. The molecule has 2 aromatic carbocycles. The maximum absolute atomic E-state index is 12.2. The first-order valence-corrected chi connectivity index (χ1v) is 9.33. The standard InChI is InChI=1S/C22H25N3O4/c1-22(2,3)17-7-5-6-8-18(17)28-14-19(26)23-13-20-24-21(25-29-20)15-9-11-16(27-4)12-10-15/h5-12H,13-14H2,1-4H3,(H,23,26). The van der Waals surface area contributed by atoms with Crippen LogP contribution in [0, 0.1) is 0 Å². The highest BCUT2D eigenvalue weighted by Gasteiger charge is 2.19. The van der Waals surface area contributed by atoms with Crippen LogP contribution in [0.1, 0.15) is 32.2 Å². The number of nitrogens with one attached hydrogen (secondary N) is 1. The molecule has 0 aliphatic heterocycles. The minimum Gasteiger partial charge on any atom is -0.497 e. The van der Waals surface area contributed by atoms with Gasteiger partial charge in [0.05, 0.1) is 13.7 Å². The van der Waals surface area contributed by atoms with E-state index in [9.17, 15) is 4.79 Å². The molecule has 0 saturated carbocycles. The normalized spacial score (nSPS) is 11.2. The molecule has 3 rings (SSSR count). The molecule has 29 heavy (non-hydrogen) atoms. The van der Waals surface area contributed by atoms with Gasteiger partial charge in [-0.1, -0.05) is 44.1 Å². The number of hydrogen-bond donors (Lipinski definition) is 1. The zero-order valence-electron chi connectivity index (χ0n) is 17.1. The van der Waals surface area contributed by atoms with Crippen LogP contribution in [0.15, 0.2) is 53.1 Å². The van der Waals surface area contributed by atoms with Gasteiger partial charge < -0.3 is 19.3 Å². The molecule has 1 N–H and O–H groups in total. The predicted molar refractivity (Wildman–Crippen MR) is 109 cm³/mol. The van der Waals surface area contributed by atoms with Gasteiger partial charge in [0.1, 0.15) is 11.5 Å². The van der Waals surface area contributed by atoms with Gasteiger partial charge in [-0.25, -0.2) is 0 Å². The van der Waals surface area contributed by atoms with Crippen molar-refractivity contribution in [2.45, 2.75) is 32.7 Å². The molecule has 0 spiro atoms. The molecule has 3 aromatic rings. The molecular formula is C22H25N3O4. The lowest BCUT2D eigenvalue weighted by atomic mass is 9.86. The van der Waals surface area contributed by atoms with E-state index in [1.54, 1.807) is 7.11 Å². The van der Waals surface area contributed by atoms with Gasteiger partial charge in [0.15, 0.2) is 6.61 Å². The lowest BCUT2D eigenvalue weighted by Gasteiger charge is -2.22. The van der Waals surface area contributed by atoms with E-state index in [1.165, 1.54) is 0 Å². The second kappa shape index (κ2) is 8.77. The molecule has 0 saturated heterocycles. The summed E-state index contributed by atoms with van der Waals surface area (Å²) in [6.45, 7) is 6.35. The van der Waals surface area contributed by atoms with Crippen molar-refractivity contribution < 1.29 is 18.8 Å². The largest absolute Gasteiger partial charge is 0.497 e. The average Bonchev–Trinajstić information content (AvgIpc) is 3.19. The predicted octanol–water partition coefficient (Wildman–Crippen LogP) is 3.74. The molecule has 0 atom stereocenters. The Balaban J connectivity index is 1.53. The molecule has 7 nitrogen and oxygen atoms in total. The number of hydrogen-bond acceptors (Lipinski definition) is 6. The minimum atomic E-state index is -0.266. The third-order valence-corrected chi connectivity index (χ3v) is 4.31. The Labute approximate surface area is 170 Å². The van der Waals surface area contributed by atoms with Crippen LogP contribution < -0.4 is 14.8 Å². The minimum absolute atomic E-state index is 0.0747. The summed E-state index contributed by atoms with van der Waals surface area (Å²) in [5, 5.41) is 6.67. The van der Waals surface area contributed by atoms with E-state index in [2.05, 4.69) is 36.2 Å². The van der Waals surface area contributed by atoms with Gasteiger partial charge >= 0.3 is 0 Å². The Morgan fingerprint density at radius 2 is 1.83 bits per heavy atom. The summed E-state index contributed by atoms with van der Waals surface area (Å²) in [6, 6.07) is 15.0. The number of nitrogens with zero attached hydrogens (tertiary/aromatic N) is 2. The van der Waals surface area contributed by atoms with Gasteiger partial charge in [-0.15, -0.1) is 0 Å². The van der Waals surface area contributed by atoms with E-state index in [0.717, 1.165) is 16.9 Å². The van der Waals surface area contributed by atoms with Crippen LogP contribution in [0.25, 0.3) is 11.4 Å². The fraction of sp³-hybridized carbons (Fsp3) is 0.318. The maximum atomic E-state index is 12.2. The van der Waals surface area contributed by atoms with Crippen molar-refractivity contribution in [1.82, 2.24) is 15.5 Å². The summed E-state index contributed by atoms with van der Waals surface area (Å²) >= 11 is 0. The molecule has 1 heterocycles. The molecule has 1 amide bonds. The summed E-state index contributed by atoms with van der Waals surface area (Å²) < 4.78 is 16.1. The van der Waals surface area contributed by atoms with E-state index >= 15 is 0 Å². The van der Waals surface area contributed by atoms with E-state index in [4.69, 9.17) is 14.0 Å². The first-order chi connectivity index (χ1) is 13.9. The molecule has 0 unspecified atom stereocenters. The van der Waals surface area contributed by atoms with Gasteiger partial charge in [-0.05, 0) is 41.3 Å². The molecule has 152 valence electrons. The number of benzene rings is 2. The Morgan fingerprint density at radius 1 is 1.10 bits per heavy atom.